The molecule has 27 heavy (non-hydrogen) atoms. The smallest absolute Gasteiger partial charge is 0.255 e. The summed E-state index contributed by atoms with van der Waals surface area (Å²) in [6.45, 7) is 0. The van der Waals surface area contributed by atoms with Gasteiger partial charge in [0.25, 0.3) is 5.91 Å². The van der Waals surface area contributed by atoms with Crippen molar-refractivity contribution < 1.29 is 9.18 Å². The van der Waals surface area contributed by atoms with Crippen LogP contribution in [0, 0.1) is 5.82 Å². The summed E-state index contributed by atoms with van der Waals surface area (Å²) in [7, 11) is 0. The van der Waals surface area contributed by atoms with E-state index in [2.05, 4.69) is 15.3 Å². The lowest BCUT2D eigenvalue weighted by molar-refractivity contribution is 0.102. The fourth-order valence-electron chi connectivity index (χ4n) is 3.03. The number of H-pyrrole nitrogens is 1. The van der Waals surface area contributed by atoms with E-state index in [0.717, 1.165) is 41.0 Å². The van der Waals surface area contributed by atoms with Crippen molar-refractivity contribution in [3.8, 4) is 0 Å². The van der Waals surface area contributed by atoms with Crippen LogP contribution in [0.15, 0.2) is 72.8 Å². The molecule has 0 spiro atoms. The molecular weight excluding hydrogens is 341 g/mol. The Morgan fingerprint density at radius 3 is 2.48 bits per heavy atom. The quantitative estimate of drug-likeness (QED) is 0.541. The summed E-state index contributed by atoms with van der Waals surface area (Å²) in [6, 6.07) is 21.1. The number of nitrogens with zero attached hydrogens (tertiary/aromatic N) is 1. The van der Waals surface area contributed by atoms with Crippen molar-refractivity contribution in [1.29, 1.82) is 0 Å². The number of aromatic nitrogens is 2. The van der Waals surface area contributed by atoms with Gasteiger partial charge < -0.3 is 10.3 Å². The predicted molar refractivity (Wildman–Crippen MR) is 104 cm³/mol. The lowest BCUT2D eigenvalue weighted by Crippen LogP contribution is -2.13. The van der Waals surface area contributed by atoms with Crippen molar-refractivity contribution in [3.63, 3.8) is 0 Å². The Bertz CT molecular complexity index is 1050. The van der Waals surface area contributed by atoms with E-state index in [1.165, 1.54) is 24.3 Å². The second-order valence-electron chi connectivity index (χ2n) is 6.32. The van der Waals surface area contributed by atoms with Crippen LogP contribution in [0.1, 0.15) is 21.7 Å². The molecule has 0 saturated heterocycles. The van der Waals surface area contributed by atoms with Gasteiger partial charge in [0.1, 0.15) is 11.6 Å². The van der Waals surface area contributed by atoms with E-state index in [9.17, 15) is 9.18 Å². The first-order chi connectivity index (χ1) is 13.2. The Kier molecular flexibility index (Phi) is 4.66. The molecule has 0 fully saturated rings. The number of hydrogen-bond donors (Lipinski definition) is 2. The van der Waals surface area contributed by atoms with Crippen LogP contribution in [0.2, 0.25) is 0 Å². The topological polar surface area (TPSA) is 57.8 Å². The maximum Gasteiger partial charge on any atom is 0.255 e. The van der Waals surface area contributed by atoms with Crippen LogP contribution in [0.3, 0.4) is 0 Å². The van der Waals surface area contributed by atoms with Gasteiger partial charge in [-0.1, -0.05) is 30.3 Å². The highest BCUT2D eigenvalue weighted by Gasteiger charge is 2.10. The molecule has 5 heteroatoms. The zero-order valence-electron chi connectivity index (χ0n) is 14.6. The third-order valence-corrected chi connectivity index (χ3v) is 4.44. The first-order valence-corrected chi connectivity index (χ1v) is 8.77. The maximum atomic E-state index is 13.0. The van der Waals surface area contributed by atoms with Crippen LogP contribution in [0.5, 0.6) is 0 Å². The van der Waals surface area contributed by atoms with Crippen LogP contribution in [0.25, 0.3) is 11.0 Å². The van der Waals surface area contributed by atoms with E-state index < -0.39 is 0 Å². The van der Waals surface area contributed by atoms with Crippen LogP contribution in [0.4, 0.5) is 10.1 Å². The summed E-state index contributed by atoms with van der Waals surface area (Å²) < 4.78 is 13.0. The molecule has 0 atom stereocenters. The van der Waals surface area contributed by atoms with Gasteiger partial charge in [-0.15, -0.1) is 0 Å². The summed E-state index contributed by atoms with van der Waals surface area (Å²) in [6.07, 6.45) is 1.47. The van der Waals surface area contributed by atoms with Crippen LogP contribution in [-0.2, 0) is 12.8 Å². The summed E-state index contributed by atoms with van der Waals surface area (Å²) in [5.41, 5.74) is 4.16. The molecule has 4 nitrogen and oxygen atoms in total. The lowest BCUT2D eigenvalue weighted by atomic mass is 10.1. The number of aryl methyl sites for hydroxylation is 2. The van der Waals surface area contributed by atoms with Crippen molar-refractivity contribution in [3.05, 3.63) is 95.6 Å². The van der Waals surface area contributed by atoms with Crippen molar-refractivity contribution in [2.75, 3.05) is 5.32 Å². The molecule has 134 valence electrons. The standard InChI is InChI=1S/C22H18FN3O/c23-17-12-9-16(10-13-17)22(27)26-18-6-2-1-5-15(18)11-14-21-24-19-7-3-4-8-20(19)25-21/h1-10,12-13H,11,14H2,(H,24,25)(H,26,27). The lowest BCUT2D eigenvalue weighted by Gasteiger charge is -2.11. The van der Waals surface area contributed by atoms with Crippen molar-refractivity contribution in [1.82, 2.24) is 9.97 Å². The van der Waals surface area contributed by atoms with E-state index in [1.807, 2.05) is 48.5 Å². The zero-order chi connectivity index (χ0) is 18.6. The van der Waals surface area contributed by atoms with Crippen LogP contribution >= 0.6 is 0 Å². The Hall–Kier alpha value is -3.47. The van der Waals surface area contributed by atoms with Gasteiger partial charge in [0, 0.05) is 17.7 Å². The molecule has 2 N–H and O–H groups in total. The number of carbonyl (C=O) groups is 1. The van der Waals surface area contributed by atoms with E-state index in [4.69, 9.17) is 0 Å². The first-order valence-electron chi connectivity index (χ1n) is 8.77. The third-order valence-electron chi connectivity index (χ3n) is 4.44. The van der Waals surface area contributed by atoms with E-state index in [0.29, 0.717) is 5.56 Å². The Balaban J connectivity index is 1.49. The predicted octanol–water partition coefficient (Wildman–Crippen LogP) is 4.74. The normalized spacial score (nSPS) is 10.9. The third kappa shape index (κ3) is 3.87. The number of hydrogen-bond acceptors (Lipinski definition) is 2. The number of fused-ring (bicyclic) bond motifs is 1. The average Bonchev–Trinajstić information content (AvgIpc) is 3.11. The number of benzene rings is 3. The van der Waals surface area contributed by atoms with Crippen molar-refractivity contribution in [2.45, 2.75) is 12.8 Å². The minimum Gasteiger partial charge on any atom is -0.342 e. The monoisotopic (exact) mass is 359 g/mol. The number of carbonyl (C=O) groups excluding carboxylic acids is 1. The van der Waals surface area contributed by atoms with Gasteiger partial charge in [-0.25, -0.2) is 9.37 Å². The molecule has 0 radical (unpaired) electrons. The maximum absolute atomic E-state index is 13.0. The fourth-order valence-corrected chi connectivity index (χ4v) is 3.03. The zero-order valence-corrected chi connectivity index (χ0v) is 14.6. The van der Waals surface area contributed by atoms with E-state index >= 15 is 0 Å². The van der Waals surface area contributed by atoms with Crippen molar-refractivity contribution in [2.24, 2.45) is 0 Å². The van der Waals surface area contributed by atoms with E-state index in [1.54, 1.807) is 0 Å². The number of nitrogens with one attached hydrogen (secondary N) is 2. The number of rotatable bonds is 5. The summed E-state index contributed by atoms with van der Waals surface area (Å²) >= 11 is 0. The molecule has 1 aromatic heterocycles. The molecule has 1 heterocycles. The fraction of sp³-hybridized carbons (Fsp3) is 0.0909. The minimum absolute atomic E-state index is 0.258. The molecule has 0 unspecified atom stereocenters. The molecule has 0 aliphatic rings. The summed E-state index contributed by atoms with van der Waals surface area (Å²) in [5, 5.41) is 2.92. The highest BCUT2D eigenvalue weighted by Crippen LogP contribution is 2.19. The number of imidazole rings is 1. The Labute approximate surface area is 156 Å². The number of halogens is 1. The van der Waals surface area contributed by atoms with E-state index in [-0.39, 0.29) is 11.7 Å². The van der Waals surface area contributed by atoms with Crippen molar-refractivity contribution >= 4 is 22.6 Å². The van der Waals surface area contributed by atoms with Crippen LogP contribution in [-0.4, -0.2) is 15.9 Å². The minimum atomic E-state index is -0.363. The molecule has 0 saturated carbocycles. The molecule has 4 rings (SSSR count). The van der Waals surface area contributed by atoms with Gasteiger partial charge in [0.15, 0.2) is 0 Å². The number of anilines is 1. The second kappa shape index (κ2) is 7.41. The number of para-hydroxylation sites is 3. The average molecular weight is 359 g/mol. The highest BCUT2D eigenvalue weighted by molar-refractivity contribution is 6.04. The number of amides is 1. The van der Waals surface area contributed by atoms with Gasteiger partial charge in [-0.2, -0.15) is 0 Å². The van der Waals surface area contributed by atoms with Gasteiger partial charge in [-0.3, -0.25) is 4.79 Å². The first kappa shape index (κ1) is 17.0. The largest absolute Gasteiger partial charge is 0.342 e. The van der Waals surface area contributed by atoms with Gasteiger partial charge in [-0.05, 0) is 54.4 Å². The SMILES string of the molecule is O=C(Nc1ccccc1CCc1nc2ccccc2[nH]1)c1ccc(F)cc1. The summed E-state index contributed by atoms with van der Waals surface area (Å²) in [4.78, 5) is 20.3. The molecule has 0 aliphatic heterocycles. The molecule has 4 aromatic rings. The van der Waals surface area contributed by atoms with Crippen LogP contribution < -0.4 is 5.32 Å². The second-order valence-corrected chi connectivity index (χ2v) is 6.32. The van der Waals surface area contributed by atoms with Gasteiger partial charge >= 0.3 is 0 Å². The summed E-state index contributed by atoms with van der Waals surface area (Å²) in [5.74, 6) is 0.292. The molecule has 3 aromatic carbocycles. The Morgan fingerprint density at radius 1 is 0.926 bits per heavy atom. The molecule has 0 bridgehead atoms. The Morgan fingerprint density at radius 2 is 1.67 bits per heavy atom. The number of aromatic amines is 1. The van der Waals surface area contributed by atoms with Gasteiger partial charge in [0.2, 0.25) is 0 Å². The molecule has 1 amide bonds. The molecular formula is C22H18FN3O. The highest BCUT2D eigenvalue weighted by atomic mass is 19.1. The molecule has 0 aliphatic carbocycles. The van der Waals surface area contributed by atoms with Gasteiger partial charge in [0.05, 0.1) is 11.0 Å².